The van der Waals surface area contributed by atoms with E-state index in [1.807, 2.05) is 11.9 Å². The van der Waals surface area contributed by atoms with E-state index in [2.05, 4.69) is 20.5 Å². The summed E-state index contributed by atoms with van der Waals surface area (Å²) in [5.41, 5.74) is 1.45. The van der Waals surface area contributed by atoms with Gasteiger partial charge in [-0.3, -0.25) is 9.36 Å². The normalized spacial score (nSPS) is 24.5. The molecule has 0 unspecified atom stereocenters. The largest absolute Gasteiger partial charge is 0.507 e. The summed E-state index contributed by atoms with van der Waals surface area (Å²) in [6.07, 6.45) is 3.14. The molecule has 2 N–H and O–H groups in total. The SMILES string of the molecule is CN(c1ccc(-c2ccc(-c3nccc(=O)n3C)cc2O)nn1)[C@@H]1C[C@H]2CC[C@H](N2)[C@H]1F. The summed E-state index contributed by atoms with van der Waals surface area (Å²) in [7, 11) is 3.49. The van der Waals surface area contributed by atoms with E-state index >= 15 is 0 Å². The van der Waals surface area contributed by atoms with E-state index in [9.17, 15) is 14.3 Å². The van der Waals surface area contributed by atoms with Gasteiger partial charge in [0.25, 0.3) is 5.56 Å². The predicted molar refractivity (Wildman–Crippen MR) is 119 cm³/mol. The van der Waals surface area contributed by atoms with E-state index in [0.717, 1.165) is 19.3 Å². The highest BCUT2D eigenvalue weighted by Gasteiger charge is 2.43. The van der Waals surface area contributed by atoms with E-state index in [0.29, 0.717) is 34.5 Å². The zero-order chi connectivity index (χ0) is 22.4. The third-order valence-corrected chi connectivity index (χ3v) is 6.66. The molecule has 2 bridgehead atoms. The van der Waals surface area contributed by atoms with Crippen LogP contribution in [0.4, 0.5) is 10.2 Å². The Morgan fingerprint density at radius 2 is 2.03 bits per heavy atom. The molecule has 166 valence electrons. The highest BCUT2D eigenvalue weighted by Crippen LogP contribution is 2.34. The number of halogens is 1. The van der Waals surface area contributed by atoms with Gasteiger partial charge in [0.05, 0.1) is 11.7 Å². The molecule has 0 aliphatic carbocycles. The van der Waals surface area contributed by atoms with Crippen LogP contribution in [0.1, 0.15) is 19.3 Å². The Bertz CT molecular complexity index is 1200. The zero-order valence-corrected chi connectivity index (χ0v) is 17.9. The van der Waals surface area contributed by atoms with Crippen LogP contribution in [0, 0.1) is 0 Å². The van der Waals surface area contributed by atoms with Gasteiger partial charge < -0.3 is 15.3 Å². The minimum atomic E-state index is -0.945. The fourth-order valence-corrected chi connectivity index (χ4v) is 4.81. The number of anilines is 1. The summed E-state index contributed by atoms with van der Waals surface area (Å²) >= 11 is 0. The van der Waals surface area contributed by atoms with Crippen LogP contribution in [0.3, 0.4) is 0 Å². The molecule has 0 saturated carbocycles. The molecule has 4 heterocycles. The molecule has 0 spiro atoms. The molecule has 0 amide bonds. The molecule has 2 saturated heterocycles. The van der Waals surface area contributed by atoms with Crippen LogP contribution in [-0.2, 0) is 7.05 Å². The van der Waals surface area contributed by atoms with Crippen LogP contribution in [0.5, 0.6) is 5.75 Å². The molecule has 4 atom stereocenters. The van der Waals surface area contributed by atoms with Crippen molar-refractivity contribution in [2.45, 2.75) is 43.6 Å². The molecule has 8 nitrogen and oxygen atoms in total. The van der Waals surface area contributed by atoms with Crippen LogP contribution in [0.25, 0.3) is 22.6 Å². The smallest absolute Gasteiger partial charge is 0.253 e. The van der Waals surface area contributed by atoms with E-state index in [1.165, 1.54) is 16.8 Å². The lowest BCUT2D eigenvalue weighted by molar-refractivity contribution is 0.176. The van der Waals surface area contributed by atoms with Gasteiger partial charge in [0.1, 0.15) is 17.7 Å². The molecule has 1 aromatic carbocycles. The number of piperidine rings is 1. The van der Waals surface area contributed by atoms with Crippen LogP contribution in [-0.4, -0.2) is 56.2 Å². The van der Waals surface area contributed by atoms with Gasteiger partial charge in [-0.15, -0.1) is 10.2 Å². The fraction of sp³-hybridized carbons (Fsp3) is 0.391. The van der Waals surface area contributed by atoms with Crippen molar-refractivity contribution in [3.05, 3.63) is 52.9 Å². The standard InChI is InChI=1S/C23H25FN6O2/c1-29(18-12-14-4-6-17(26-14)22(18)24)20-8-7-16(27-28-20)15-5-3-13(11-19(15)31)23-25-10-9-21(32)30(23)2/h3,5,7-11,14,17-18,22,26,31H,4,6,12H2,1-2H3/t14-,17+,18-,22-/m1/s1. The Hall–Kier alpha value is -3.33. The number of aromatic hydroxyl groups is 1. The number of phenols is 1. The lowest BCUT2D eigenvalue weighted by atomic mass is 9.96. The second-order valence-corrected chi connectivity index (χ2v) is 8.58. The number of nitrogens with one attached hydrogen (secondary N) is 1. The van der Waals surface area contributed by atoms with Gasteiger partial charge >= 0.3 is 0 Å². The monoisotopic (exact) mass is 436 g/mol. The van der Waals surface area contributed by atoms with Crippen LogP contribution in [0.2, 0.25) is 0 Å². The number of hydrogen-bond donors (Lipinski definition) is 2. The maximum atomic E-state index is 14.9. The van der Waals surface area contributed by atoms with Gasteiger partial charge in [0, 0.05) is 49.6 Å². The molecule has 2 fully saturated rings. The average Bonchev–Trinajstić information content (AvgIpc) is 3.21. The number of fused-ring (bicyclic) bond motifs is 2. The summed E-state index contributed by atoms with van der Waals surface area (Å²) in [5, 5.41) is 22.5. The number of alkyl halides is 1. The zero-order valence-electron chi connectivity index (χ0n) is 17.9. The minimum absolute atomic E-state index is 0.00904. The Morgan fingerprint density at radius 1 is 1.19 bits per heavy atom. The number of hydrogen-bond acceptors (Lipinski definition) is 7. The molecule has 0 radical (unpaired) electrons. The van der Waals surface area contributed by atoms with E-state index in [-0.39, 0.29) is 23.4 Å². The third-order valence-electron chi connectivity index (χ3n) is 6.66. The van der Waals surface area contributed by atoms with Crippen molar-refractivity contribution in [2.24, 2.45) is 7.05 Å². The van der Waals surface area contributed by atoms with Crippen LogP contribution in [0.15, 0.2) is 47.4 Å². The van der Waals surface area contributed by atoms with Crippen molar-refractivity contribution in [3.63, 3.8) is 0 Å². The van der Waals surface area contributed by atoms with Crippen molar-refractivity contribution in [3.8, 4) is 28.4 Å². The number of nitrogens with zero attached hydrogens (tertiary/aromatic N) is 5. The quantitative estimate of drug-likeness (QED) is 0.648. The highest BCUT2D eigenvalue weighted by atomic mass is 19.1. The van der Waals surface area contributed by atoms with E-state index in [4.69, 9.17) is 0 Å². The Balaban J connectivity index is 1.38. The van der Waals surface area contributed by atoms with Crippen molar-refractivity contribution >= 4 is 5.82 Å². The van der Waals surface area contributed by atoms with E-state index in [1.54, 1.807) is 37.4 Å². The Morgan fingerprint density at radius 3 is 2.78 bits per heavy atom. The lowest BCUT2D eigenvalue weighted by Gasteiger charge is -2.38. The maximum absolute atomic E-state index is 14.9. The predicted octanol–water partition coefficient (Wildman–Crippen LogP) is 2.28. The Labute approximate surface area is 184 Å². The van der Waals surface area contributed by atoms with Gasteiger partial charge in [-0.2, -0.15) is 0 Å². The maximum Gasteiger partial charge on any atom is 0.253 e. The molecule has 2 aliphatic rings. The fourth-order valence-electron chi connectivity index (χ4n) is 4.81. The van der Waals surface area contributed by atoms with Gasteiger partial charge in [0.15, 0.2) is 5.82 Å². The summed E-state index contributed by atoms with van der Waals surface area (Å²) in [6.45, 7) is 0. The lowest BCUT2D eigenvalue weighted by Crippen LogP contribution is -2.55. The molecular weight excluding hydrogens is 411 g/mol. The van der Waals surface area contributed by atoms with Gasteiger partial charge in [-0.25, -0.2) is 9.37 Å². The van der Waals surface area contributed by atoms with Crippen LogP contribution >= 0.6 is 0 Å². The summed E-state index contributed by atoms with van der Waals surface area (Å²) in [5.74, 6) is 1.07. The van der Waals surface area contributed by atoms with Gasteiger partial charge in [0.2, 0.25) is 0 Å². The minimum Gasteiger partial charge on any atom is -0.507 e. The second-order valence-electron chi connectivity index (χ2n) is 8.58. The first kappa shape index (κ1) is 20.6. The van der Waals surface area contributed by atoms with Crippen molar-refractivity contribution in [1.82, 2.24) is 25.1 Å². The first-order valence-corrected chi connectivity index (χ1v) is 10.7. The number of aromatic nitrogens is 4. The highest BCUT2D eigenvalue weighted by molar-refractivity contribution is 5.72. The van der Waals surface area contributed by atoms with Crippen molar-refractivity contribution in [1.29, 1.82) is 0 Å². The summed E-state index contributed by atoms with van der Waals surface area (Å²) < 4.78 is 16.3. The molecule has 2 aromatic heterocycles. The summed E-state index contributed by atoms with van der Waals surface area (Å²) in [6, 6.07) is 10.1. The molecule has 32 heavy (non-hydrogen) atoms. The topological polar surface area (TPSA) is 96.2 Å². The first-order chi connectivity index (χ1) is 15.4. The molecule has 9 heteroatoms. The van der Waals surface area contributed by atoms with Crippen molar-refractivity contribution in [2.75, 3.05) is 11.9 Å². The Kier molecular flexibility index (Phi) is 5.13. The number of benzene rings is 1. The first-order valence-electron chi connectivity index (χ1n) is 10.7. The van der Waals surface area contributed by atoms with Gasteiger partial charge in [-0.1, -0.05) is 6.07 Å². The third kappa shape index (κ3) is 3.52. The number of phenolic OH excluding ortho intramolecular Hbond substituents is 1. The van der Waals surface area contributed by atoms with Crippen LogP contribution < -0.4 is 15.8 Å². The number of rotatable bonds is 4. The molecule has 2 aliphatic heterocycles. The van der Waals surface area contributed by atoms with E-state index < -0.39 is 6.17 Å². The average molecular weight is 436 g/mol. The van der Waals surface area contributed by atoms with Gasteiger partial charge in [-0.05, 0) is 43.5 Å². The van der Waals surface area contributed by atoms with Crippen molar-refractivity contribution < 1.29 is 9.50 Å². The molecular formula is C23H25FN6O2. The second kappa shape index (κ2) is 7.98. The molecule has 3 aromatic rings. The summed E-state index contributed by atoms with van der Waals surface area (Å²) in [4.78, 5) is 18.0. The molecule has 5 rings (SSSR count).